The molecule has 1 heterocycles. The third kappa shape index (κ3) is 2.27. The Kier molecular flexibility index (Phi) is 3.32. The Bertz CT molecular complexity index is 697. The lowest BCUT2D eigenvalue weighted by molar-refractivity contribution is 0.752. The Balaban J connectivity index is 2.12. The Morgan fingerprint density at radius 2 is 1.95 bits per heavy atom. The van der Waals surface area contributed by atoms with Crippen molar-refractivity contribution in [3.8, 4) is 10.6 Å². The van der Waals surface area contributed by atoms with E-state index in [4.69, 9.17) is 10.7 Å². The number of nitrogens with zero attached hydrogens (tertiary/aromatic N) is 1. The molecule has 0 fully saturated rings. The molecular weight excluding hydrogens is 252 g/mol. The Hall–Kier alpha value is -1.71. The van der Waals surface area contributed by atoms with Gasteiger partial charge in [-0.1, -0.05) is 49.4 Å². The molecule has 0 spiro atoms. The molecule has 0 aliphatic carbocycles. The third-order valence-corrected chi connectivity index (χ3v) is 4.29. The van der Waals surface area contributed by atoms with Gasteiger partial charge in [0, 0.05) is 23.4 Å². The van der Waals surface area contributed by atoms with Crippen LogP contribution in [-0.4, -0.2) is 11.5 Å². The molecular formula is C16H16N2S. The number of rotatable bonds is 3. The Labute approximate surface area is 116 Å². The van der Waals surface area contributed by atoms with Crippen LogP contribution in [0.4, 0.5) is 0 Å². The van der Waals surface area contributed by atoms with Crippen LogP contribution in [-0.2, 0) is 0 Å². The molecule has 0 aliphatic heterocycles. The zero-order chi connectivity index (χ0) is 13.2. The summed E-state index contributed by atoms with van der Waals surface area (Å²) >= 11 is 1.69. The lowest BCUT2D eigenvalue weighted by atomic mass is 10.1. The van der Waals surface area contributed by atoms with Crippen LogP contribution in [0, 0.1) is 0 Å². The summed E-state index contributed by atoms with van der Waals surface area (Å²) in [5.74, 6) is 0.319. The molecule has 3 heteroatoms. The Morgan fingerprint density at radius 3 is 2.79 bits per heavy atom. The molecule has 0 saturated heterocycles. The SMILES string of the molecule is CC(CN)c1csc(-c2cccc3ccccc23)n1. The van der Waals surface area contributed by atoms with Crippen LogP contribution < -0.4 is 5.73 Å². The third-order valence-electron chi connectivity index (χ3n) is 3.40. The summed E-state index contributed by atoms with van der Waals surface area (Å²) in [5, 5.41) is 5.70. The van der Waals surface area contributed by atoms with Crippen LogP contribution in [0.1, 0.15) is 18.5 Å². The van der Waals surface area contributed by atoms with E-state index < -0.39 is 0 Å². The van der Waals surface area contributed by atoms with E-state index in [-0.39, 0.29) is 0 Å². The zero-order valence-corrected chi connectivity index (χ0v) is 11.7. The van der Waals surface area contributed by atoms with Gasteiger partial charge >= 0.3 is 0 Å². The van der Waals surface area contributed by atoms with Crippen molar-refractivity contribution in [2.24, 2.45) is 5.73 Å². The van der Waals surface area contributed by atoms with Gasteiger partial charge < -0.3 is 5.73 Å². The molecule has 2 N–H and O–H groups in total. The Morgan fingerprint density at radius 1 is 1.16 bits per heavy atom. The standard InChI is InChI=1S/C16H16N2S/c1-11(9-17)15-10-19-16(18-15)14-8-4-6-12-5-2-3-7-13(12)14/h2-8,10-11H,9,17H2,1H3. The zero-order valence-electron chi connectivity index (χ0n) is 10.8. The lowest BCUT2D eigenvalue weighted by Crippen LogP contribution is -2.08. The number of nitrogens with two attached hydrogens (primary N) is 1. The minimum atomic E-state index is 0.319. The van der Waals surface area contributed by atoms with Crippen molar-refractivity contribution in [1.29, 1.82) is 0 Å². The maximum Gasteiger partial charge on any atom is 0.124 e. The van der Waals surface area contributed by atoms with Crippen LogP contribution >= 0.6 is 11.3 Å². The minimum absolute atomic E-state index is 0.319. The summed E-state index contributed by atoms with van der Waals surface area (Å²) in [6, 6.07) is 14.8. The van der Waals surface area contributed by atoms with Gasteiger partial charge in [0.05, 0.1) is 5.69 Å². The summed E-state index contributed by atoms with van der Waals surface area (Å²) < 4.78 is 0. The molecule has 96 valence electrons. The van der Waals surface area contributed by atoms with E-state index in [0.29, 0.717) is 12.5 Å². The highest BCUT2D eigenvalue weighted by Gasteiger charge is 2.11. The fourth-order valence-electron chi connectivity index (χ4n) is 2.17. The molecule has 3 aromatic rings. The number of hydrogen-bond acceptors (Lipinski definition) is 3. The van der Waals surface area contributed by atoms with Crippen LogP contribution in [0.3, 0.4) is 0 Å². The van der Waals surface area contributed by atoms with Gasteiger partial charge in [-0.2, -0.15) is 0 Å². The number of hydrogen-bond donors (Lipinski definition) is 1. The molecule has 1 atom stereocenters. The molecule has 19 heavy (non-hydrogen) atoms. The van der Waals surface area contributed by atoms with Crippen molar-refractivity contribution in [1.82, 2.24) is 4.98 Å². The number of aromatic nitrogens is 1. The summed E-state index contributed by atoms with van der Waals surface area (Å²) in [5.41, 5.74) is 8.01. The molecule has 2 nitrogen and oxygen atoms in total. The first-order valence-electron chi connectivity index (χ1n) is 6.43. The number of thiazole rings is 1. The van der Waals surface area contributed by atoms with Crippen molar-refractivity contribution < 1.29 is 0 Å². The molecule has 0 bridgehead atoms. The van der Waals surface area contributed by atoms with E-state index >= 15 is 0 Å². The second kappa shape index (κ2) is 5.11. The summed E-state index contributed by atoms with van der Waals surface area (Å²) in [4.78, 5) is 4.74. The highest BCUT2D eigenvalue weighted by atomic mass is 32.1. The number of fused-ring (bicyclic) bond motifs is 1. The normalized spacial score (nSPS) is 12.7. The predicted octanol–water partition coefficient (Wildman–Crippen LogP) is 4.03. The second-order valence-corrected chi connectivity index (χ2v) is 5.60. The van der Waals surface area contributed by atoms with E-state index in [2.05, 4.69) is 54.8 Å². The van der Waals surface area contributed by atoms with Gasteiger partial charge in [-0.15, -0.1) is 11.3 Å². The summed E-state index contributed by atoms with van der Waals surface area (Å²) in [7, 11) is 0. The molecule has 1 unspecified atom stereocenters. The van der Waals surface area contributed by atoms with Crippen LogP contribution in [0.5, 0.6) is 0 Å². The maximum absolute atomic E-state index is 5.71. The second-order valence-electron chi connectivity index (χ2n) is 4.74. The first-order valence-corrected chi connectivity index (χ1v) is 7.31. The largest absolute Gasteiger partial charge is 0.330 e. The molecule has 0 saturated carbocycles. The fourth-order valence-corrected chi connectivity index (χ4v) is 3.15. The topological polar surface area (TPSA) is 38.9 Å². The van der Waals surface area contributed by atoms with Gasteiger partial charge in [0.1, 0.15) is 5.01 Å². The monoisotopic (exact) mass is 268 g/mol. The van der Waals surface area contributed by atoms with Crippen LogP contribution in [0.25, 0.3) is 21.3 Å². The average molecular weight is 268 g/mol. The van der Waals surface area contributed by atoms with Gasteiger partial charge in [-0.3, -0.25) is 0 Å². The van der Waals surface area contributed by atoms with Crippen molar-refractivity contribution in [2.45, 2.75) is 12.8 Å². The van der Waals surface area contributed by atoms with E-state index in [9.17, 15) is 0 Å². The fraction of sp³-hybridized carbons (Fsp3) is 0.188. The van der Waals surface area contributed by atoms with Crippen LogP contribution in [0.15, 0.2) is 47.8 Å². The smallest absolute Gasteiger partial charge is 0.124 e. The molecule has 2 aromatic carbocycles. The minimum Gasteiger partial charge on any atom is -0.330 e. The van der Waals surface area contributed by atoms with Crippen molar-refractivity contribution in [2.75, 3.05) is 6.54 Å². The van der Waals surface area contributed by atoms with Gasteiger partial charge in [-0.05, 0) is 10.8 Å². The van der Waals surface area contributed by atoms with Crippen molar-refractivity contribution >= 4 is 22.1 Å². The molecule has 0 amide bonds. The average Bonchev–Trinajstić information content (AvgIpc) is 2.95. The van der Waals surface area contributed by atoms with E-state index in [1.54, 1.807) is 11.3 Å². The molecule has 1 aromatic heterocycles. The molecule has 0 aliphatic rings. The van der Waals surface area contributed by atoms with E-state index in [1.807, 2.05) is 0 Å². The summed E-state index contributed by atoms with van der Waals surface area (Å²) in [6.45, 7) is 2.75. The predicted molar refractivity (Wildman–Crippen MR) is 82.5 cm³/mol. The highest BCUT2D eigenvalue weighted by Crippen LogP contribution is 2.32. The molecule has 3 rings (SSSR count). The van der Waals surface area contributed by atoms with Gasteiger partial charge in [-0.25, -0.2) is 4.98 Å². The van der Waals surface area contributed by atoms with Crippen LogP contribution in [0.2, 0.25) is 0 Å². The first-order chi connectivity index (χ1) is 9.29. The first kappa shape index (κ1) is 12.3. The lowest BCUT2D eigenvalue weighted by Gasteiger charge is -2.04. The number of benzene rings is 2. The highest BCUT2D eigenvalue weighted by molar-refractivity contribution is 7.13. The van der Waals surface area contributed by atoms with Gasteiger partial charge in [0.15, 0.2) is 0 Å². The van der Waals surface area contributed by atoms with Gasteiger partial charge in [0.2, 0.25) is 0 Å². The van der Waals surface area contributed by atoms with E-state index in [1.165, 1.54) is 16.3 Å². The van der Waals surface area contributed by atoms with Crippen molar-refractivity contribution in [3.63, 3.8) is 0 Å². The molecule has 0 radical (unpaired) electrons. The van der Waals surface area contributed by atoms with Gasteiger partial charge in [0.25, 0.3) is 0 Å². The summed E-state index contributed by atoms with van der Waals surface area (Å²) in [6.07, 6.45) is 0. The maximum atomic E-state index is 5.71. The van der Waals surface area contributed by atoms with Crippen molar-refractivity contribution in [3.05, 3.63) is 53.5 Å². The quantitative estimate of drug-likeness (QED) is 0.779. The van der Waals surface area contributed by atoms with E-state index in [0.717, 1.165) is 10.7 Å².